The zero-order chi connectivity index (χ0) is 19.4. The van der Waals surface area contributed by atoms with E-state index in [0.29, 0.717) is 18.0 Å². The van der Waals surface area contributed by atoms with Gasteiger partial charge in [-0.05, 0) is 54.8 Å². The highest BCUT2D eigenvalue weighted by Gasteiger charge is 2.47. The molecule has 0 spiro atoms. The van der Waals surface area contributed by atoms with Crippen LogP contribution in [0.25, 0.3) is 0 Å². The lowest BCUT2D eigenvalue weighted by atomic mass is 10.1. The molecule has 2 N–H and O–H groups in total. The van der Waals surface area contributed by atoms with Crippen molar-refractivity contribution in [1.29, 1.82) is 0 Å². The molecule has 2 aromatic carbocycles. The minimum atomic E-state index is -0.242. The van der Waals surface area contributed by atoms with Gasteiger partial charge in [0, 0.05) is 37.0 Å². The smallest absolute Gasteiger partial charge is 0.228 e. The second kappa shape index (κ2) is 8.44. The third-order valence-electron chi connectivity index (χ3n) is 4.74. The van der Waals surface area contributed by atoms with E-state index < -0.39 is 0 Å². The van der Waals surface area contributed by atoms with Gasteiger partial charge in [-0.2, -0.15) is 0 Å². The summed E-state index contributed by atoms with van der Waals surface area (Å²) in [4.78, 5) is 26.5. The molecule has 5 nitrogen and oxygen atoms in total. The summed E-state index contributed by atoms with van der Waals surface area (Å²) < 4.78 is 0. The molecule has 0 bridgehead atoms. The van der Waals surface area contributed by atoms with Gasteiger partial charge in [0.25, 0.3) is 0 Å². The fourth-order valence-electron chi connectivity index (χ4n) is 2.96. The quantitative estimate of drug-likeness (QED) is 0.768. The number of carbonyl (C=O) groups excluding carboxylic acids is 2. The Kier molecular flexibility index (Phi) is 6.01. The summed E-state index contributed by atoms with van der Waals surface area (Å²) >= 11 is 5.86. The van der Waals surface area contributed by atoms with Gasteiger partial charge in [-0.1, -0.05) is 23.7 Å². The van der Waals surface area contributed by atoms with Gasteiger partial charge in [-0.3, -0.25) is 9.59 Å². The maximum atomic E-state index is 12.3. The lowest BCUT2D eigenvalue weighted by molar-refractivity contribution is -0.125. The van der Waals surface area contributed by atoms with Crippen molar-refractivity contribution in [2.45, 2.75) is 12.8 Å². The van der Waals surface area contributed by atoms with Crippen LogP contribution in [0.15, 0.2) is 48.5 Å². The standard InChI is InChI=1S/C21H24ClN3O2/c1-25(2)17-9-7-16(8-10-17)24-21(27)19-13-18(19)20(26)23-12-11-14-3-5-15(22)6-4-14/h3-10,18-19H,11-13H2,1-2H3,(H,23,26)(H,24,27). The summed E-state index contributed by atoms with van der Waals surface area (Å²) in [5.74, 6) is -0.608. The molecule has 142 valence electrons. The van der Waals surface area contributed by atoms with Gasteiger partial charge < -0.3 is 15.5 Å². The maximum absolute atomic E-state index is 12.3. The first-order valence-corrected chi connectivity index (χ1v) is 9.42. The molecule has 0 aromatic heterocycles. The number of amides is 2. The first-order chi connectivity index (χ1) is 12.9. The number of carbonyl (C=O) groups is 2. The zero-order valence-electron chi connectivity index (χ0n) is 15.5. The van der Waals surface area contributed by atoms with Crippen molar-refractivity contribution in [2.75, 3.05) is 30.9 Å². The molecular weight excluding hydrogens is 362 g/mol. The number of nitrogens with one attached hydrogen (secondary N) is 2. The van der Waals surface area contributed by atoms with Crippen molar-refractivity contribution in [3.63, 3.8) is 0 Å². The predicted octanol–water partition coefficient (Wildman–Crippen LogP) is 3.34. The van der Waals surface area contributed by atoms with Crippen molar-refractivity contribution in [3.05, 3.63) is 59.1 Å². The van der Waals surface area contributed by atoms with Gasteiger partial charge in [0.05, 0.1) is 11.8 Å². The average molecular weight is 386 g/mol. The lowest BCUT2D eigenvalue weighted by Crippen LogP contribution is -2.29. The Morgan fingerprint density at radius 1 is 1.00 bits per heavy atom. The second-order valence-corrected chi connectivity index (χ2v) is 7.48. The molecule has 2 unspecified atom stereocenters. The number of nitrogens with zero attached hydrogens (tertiary/aromatic N) is 1. The van der Waals surface area contributed by atoms with Crippen LogP contribution in [0.5, 0.6) is 0 Å². The van der Waals surface area contributed by atoms with E-state index in [4.69, 9.17) is 11.6 Å². The van der Waals surface area contributed by atoms with Crippen LogP contribution >= 0.6 is 11.6 Å². The van der Waals surface area contributed by atoms with Gasteiger partial charge in [-0.15, -0.1) is 0 Å². The maximum Gasteiger partial charge on any atom is 0.228 e. The SMILES string of the molecule is CN(C)c1ccc(NC(=O)C2CC2C(=O)NCCc2ccc(Cl)cc2)cc1. The van der Waals surface area contributed by atoms with Crippen LogP contribution in [0.2, 0.25) is 5.02 Å². The molecule has 0 radical (unpaired) electrons. The molecule has 0 saturated heterocycles. The van der Waals surface area contributed by atoms with Gasteiger partial charge >= 0.3 is 0 Å². The Morgan fingerprint density at radius 3 is 2.26 bits per heavy atom. The van der Waals surface area contributed by atoms with Crippen LogP contribution in [0, 0.1) is 11.8 Å². The Morgan fingerprint density at radius 2 is 1.63 bits per heavy atom. The minimum Gasteiger partial charge on any atom is -0.378 e. The van der Waals surface area contributed by atoms with Crippen LogP contribution in [0.4, 0.5) is 11.4 Å². The molecule has 2 atom stereocenters. The Bertz CT molecular complexity index is 803. The molecule has 27 heavy (non-hydrogen) atoms. The third-order valence-corrected chi connectivity index (χ3v) is 4.99. The molecule has 1 aliphatic carbocycles. The number of benzene rings is 2. The average Bonchev–Trinajstić information content (AvgIpc) is 3.45. The van der Waals surface area contributed by atoms with E-state index in [-0.39, 0.29) is 23.7 Å². The Hall–Kier alpha value is -2.53. The summed E-state index contributed by atoms with van der Waals surface area (Å²) in [6, 6.07) is 15.2. The highest BCUT2D eigenvalue weighted by Crippen LogP contribution is 2.39. The summed E-state index contributed by atoms with van der Waals surface area (Å²) in [7, 11) is 3.93. The van der Waals surface area contributed by atoms with E-state index in [2.05, 4.69) is 10.6 Å². The van der Waals surface area contributed by atoms with Gasteiger partial charge in [0.15, 0.2) is 0 Å². The van der Waals surface area contributed by atoms with Gasteiger partial charge in [0.2, 0.25) is 11.8 Å². The topological polar surface area (TPSA) is 61.4 Å². The molecule has 6 heteroatoms. The fourth-order valence-corrected chi connectivity index (χ4v) is 3.09. The Balaban J connectivity index is 1.42. The summed E-state index contributed by atoms with van der Waals surface area (Å²) in [5, 5.41) is 6.51. The number of halogens is 1. The molecule has 0 aliphatic heterocycles. The predicted molar refractivity (Wildman–Crippen MR) is 109 cm³/mol. The van der Waals surface area contributed by atoms with Crippen LogP contribution in [-0.2, 0) is 16.0 Å². The molecule has 1 saturated carbocycles. The number of rotatable bonds is 7. The largest absolute Gasteiger partial charge is 0.378 e. The first-order valence-electron chi connectivity index (χ1n) is 9.04. The highest BCUT2D eigenvalue weighted by molar-refractivity contribution is 6.30. The van der Waals surface area contributed by atoms with Crippen molar-refractivity contribution in [3.8, 4) is 0 Å². The zero-order valence-corrected chi connectivity index (χ0v) is 16.3. The third kappa shape index (κ3) is 5.23. The molecular formula is C21H24ClN3O2. The molecule has 0 heterocycles. The van der Waals surface area contributed by atoms with Crippen LogP contribution < -0.4 is 15.5 Å². The van der Waals surface area contributed by atoms with Crippen LogP contribution in [-0.4, -0.2) is 32.5 Å². The van der Waals surface area contributed by atoms with Crippen molar-refractivity contribution >= 4 is 34.8 Å². The van der Waals surface area contributed by atoms with E-state index in [9.17, 15) is 9.59 Å². The summed E-state index contributed by atoms with van der Waals surface area (Å²) in [6.45, 7) is 0.553. The van der Waals surface area contributed by atoms with Gasteiger partial charge in [-0.25, -0.2) is 0 Å². The van der Waals surface area contributed by atoms with Gasteiger partial charge in [0.1, 0.15) is 0 Å². The molecule has 1 aliphatic rings. The van der Waals surface area contributed by atoms with E-state index in [0.717, 1.165) is 23.4 Å². The second-order valence-electron chi connectivity index (χ2n) is 7.05. The molecule has 2 amide bonds. The monoisotopic (exact) mass is 385 g/mol. The minimum absolute atomic E-state index is 0.0490. The van der Waals surface area contributed by atoms with Crippen molar-refractivity contribution in [1.82, 2.24) is 5.32 Å². The normalized spacial score (nSPS) is 17.9. The summed E-state index contributed by atoms with van der Waals surface area (Å²) in [6.07, 6.45) is 1.35. The molecule has 1 fully saturated rings. The van der Waals surface area contributed by atoms with Crippen molar-refractivity contribution < 1.29 is 9.59 Å². The van der Waals surface area contributed by atoms with E-state index in [1.807, 2.05) is 67.5 Å². The van der Waals surface area contributed by atoms with E-state index >= 15 is 0 Å². The Labute approximate surface area is 164 Å². The van der Waals surface area contributed by atoms with Crippen LogP contribution in [0.3, 0.4) is 0 Å². The number of hydrogen-bond donors (Lipinski definition) is 2. The van der Waals surface area contributed by atoms with E-state index in [1.165, 1.54) is 0 Å². The van der Waals surface area contributed by atoms with E-state index in [1.54, 1.807) is 0 Å². The summed E-state index contributed by atoms with van der Waals surface area (Å²) in [5.41, 5.74) is 2.93. The first kappa shape index (κ1) is 19.2. The van der Waals surface area contributed by atoms with Crippen LogP contribution in [0.1, 0.15) is 12.0 Å². The van der Waals surface area contributed by atoms with Crippen molar-refractivity contribution in [2.24, 2.45) is 11.8 Å². The fraction of sp³-hybridized carbons (Fsp3) is 0.333. The number of anilines is 2. The highest BCUT2D eigenvalue weighted by atomic mass is 35.5. The lowest BCUT2D eigenvalue weighted by Gasteiger charge is -2.13. The molecule has 2 aromatic rings. The number of hydrogen-bond acceptors (Lipinski definition) is 3. The molecule has 3 rings (SSSR count).